The number of amides is 1. The Morgan fingerprint density at radius 1 is 1.50 bits per heavy atom. The Morgan fingerprint density at radius 3 is 2.96 bits per heavy atom. The summed E-state index contributed by atoms with van der Waals surface area (Å²) < 4.78 is 6.12. The highest BCUT2D eigenvalue weighted by Gasteiger charge is 2.17. The van der Waals surface area contributed by atoms with Crippen molar-refractivity contribution in [1.29, 1.82) is 0 Å². The molecule has 2 heterocycles. The molecule has 2 aromatic heterocycles. The Labute approximate surface area is 146 Å². The Hall–Kier alpha value is -2.45. The Kier molecular flexibility index (Phi) is 5.88. The van der Waals surface area contributed by atoms with E-state index in [9.17, 15) is 14.4 Å². The number of esters is 1. The molecule has 7 nitrogen and oxygen atoms in total. The number of halogens is 1. The minimum atomic E-state index is -0.531. The molecule has 0 saturated heterocycles. The number of rotatable bonds is 6. The van der Waals surface area contributed by atoms with Crippen LogP contribution in [0.5, 0.6) is 0 Å². The number of ether oxygens (including phenoxy) is 1. The van der Waals surface area contributed by atoms with Gasteiger partial charge >= 0.3 is 5.97 Å². The lowest BCUT2D eigenvalue weighted by Gasteiger charge is -2.05. The van der Waals surface area contributed by atoms with Crippen LogP contribution in [0, 0.1) is 6.92 Å². The van der Waals surface area contributed by atoms with Crippen molar-refractivity contribution in [2.24, 2.45) is 0 Å². The summed E-state index contributed by atoms with van der Waals surface area (Å²) in [5.74, 6) is -0.990. The first-order chi connectivity index (χ1) is 11.4. The predicted molar refractivity (Wildman–Crippen MR) is 91.7 cm³/mol. The van der Waals surface area contributed by atoms with Gasteiger partial charge in [0.15, 0.2) is 5.13 Å². The number of carbonyl (C=O) groups is 2. The number of anilines is 1. The van der Waals surface area contributed by atoms with Crippen molar-refractivity contribution in [3.8, 4) is 0 Å². The zero-order chi connectivity index (χ0) is 17.7. The summed E-state index contributed by atoms with van der Waals surface area (Å²) in [6.07, 6.45) is 2.83. The van der Waals surface area contributed by atoms with E-state index in [1.165, 1.54) is 29.0 Å². The van der Waals surface area contributed by atoms with Gasteiger partial charge in [-0.15, -0.1) is 0 Å². The van der Waals surface area contributed by atoms with Crippen molar-refractivity contribution in [1.82, 2.24) is 9.55 Å². The standard InChI is InChI=1S/C15H14ClN3O4S/c1-3-6-23-14(22)13-9(2)17-15(24-13)18-11(20)8-19-7-10(16)4-5-12(19)21/h3-5,7H,1,6,8H2,2H3,(H,17,18,20). The minimum Gasteiger partial charge on any atom is -0.457 e. The average Bonchev–Trinajstić information content (AvgIpc) is 2.89. The molecular weight excluding hydrogens is 354 g/mol. The fraction of sp³-hybridized carbons (Fsp3) is 0.200. The summed E-state index contributed by atoms with van der Waals surface area (Å²) >= 11 is 6.80. The fourth-order valence-electron chi connectivity index (χ4n) is 1.78. The molecule has 0 aliphatic heterocycles. The molecule has 0 atom stereocenters. The molecule has 0 bridgehead atoms. The van der Waals surface area contributed by atoms with Crippen molar-refractivity contribution in [2.45, 2.75) is 13.5 Å². The van der Waals surface area contributed by atoms with E-state index in [0.29, 0.717) is 15.6 Å². The van der Waals surface area contributed by atoms with E-state index in [2.05, 4.69) is 16.9 Å². The topological polar surface area (TPSA) is 90.3 Å². The van der Waals surface area contributed by atoms with Gasteiger partial charge in [-0.3, -0.25) is 9.59 Å². The summed E-state index contributed by atoms with van der Waals surface area (Å²) in [5.41, 5.74) is 0.0999. The van der Waals surface area contributed by atoms with Crippen LogP contribution < -0.4 is 10.9 Å². The van der Waals surface area contributed by atoms with Gasteiger partial charge < -0.3 is 14.6 Å². The minimum absolute atomic E-state index is 0.0928. The van der Waals surface area contributed by atoms with Gasteiger partial charge in [-0.1, -0.05) is 35.6 Å². The summed E-state index contributed by atoms with van der Waals surface area (Å²) in [7, 11) is 0. The van der Waals surface area contributed by atoms with Crippen LogP contribution in [0.15, 0.2) is 35.8 Å². The summed E-state index contributed by atoms with van der Waals surface area (Å²) in [6.45, 7) is 4.98. The molecular formula is C15H14ClN3O4S. The Balaban J connectivity index is 2.07. The highest BCUT2D eigenvalue weighted by molar-refractivity contribution is 7.17. The molecule has 1 N–H and O–H groups in total. The van der Waals surface area contributed by atoms with E-state index < -0.39 is 11.9 Å². The normalized spacial score (nSPS) is 10.2. The number of nitrogens with one attached hydrogen (secondary N) is 1. The Bertz CT molecular complexity index is 843. The molecule has 0 unspecified atom stereocenters. The lowest BCUT2D eigenvalue weighted by Crippen LogP contribution is -2.26. The van der Waals surface area contributed by atoms with Gasteiger partial charge in [0.2, 0.25) is 5.91 Å². The number of aromatic nitrogens is 2. The predicted octanol–water partition coefficient (Wildman–Crippen LogP) is 2.25. The molecule has 0 aliphatic rings. The third-order valence-electron chi connectivity index (χ3n) is 2.82. The van der Waals surface area contributed by atoms with Crippen LogP contribution in [0.3, 0.4) is 0 Å². The number of thiazole rings is 1. The van der Waals surface area contributed by atoms with E-state index in [1.54, 1.807) is 6.92 Å². The molecule has 9 heteroatoms. The van der Waals surface area contributed by atoms with Crippen LogP contribution in [0.2, 0.25) is 5.02 Å². The first-order valence-corrected chi connectivity index (χ1v) is 8.01. The van der Waals surface area contributed by atoms with Gasteiger partial charge in [-0.25, -0.2) is 9.78 Å². The van der Waals surface area contributed by atoms with E-state index in [-0.39, 0.29) is 23.8 Å². The van der Waals surface area contributed by atoms with Gasteiger partial charge in [0, 0.05) is 12.3 Å². The van der Waals surface area contributed by atoms with Gasteiger partial charge in [0.1, 0.15) is 18.0 Å². The number of carbonyl (C=O) groups excluding carboxylic acids is 2. The molecule has 0 fully saturated rings. The molecule has 24 heavy (non-hydrogen) atoms. The van der Waals surface area contributed by atoms with E-state index in [1.807, 2.05) is 0 Å². The number of nitrogens with zero attached hydrogens (tertiary/aromatic N) is 2. The number of aryl methyl sites for hydroxylation is 1. The largest absolute Gasteiger partial charge is 0.457 e. The second-order valence-electron chi connectivity index (χ2n) is 4.68. The smallest absolute Gasteiger partial charge is 0.350 e. The summed E-state index contributed by atoms with van der Waals surface area (Å²) in [6, 6.07) is 2.72. The summed E-state index contributed by atoms with van der Waals surface area (Å²) in [4.78, 5) is 39.9. The zero-order valence-electron chi connectivity index (χ0n) is 12.7. The van der Waals surface area contributed by atoms with Crippen LogP contribution in [0.1, 0.15) is 15.4 Å². The first kappa shape index (κ1) is 17.9. The monoisotopic (exact) mass is 367 g/mol. The van der Waals surface area contributed by atoms with Crippen LogP contribution in [-0.2, 0) is 16.1 Å². The molecule has 1 amide bonds. The third-order valence-corrected chi connectivity index (χ3v) is 4.10. The molecule has 0 aliphatic carbocycles. The van der Waals surface area contributed by atoms with Crippen molar-refractivity contribution in [3.05, 3.63) is 56.9 Å². The maximum atomic E-state index is 12.0. The van der Waals surface area contributed by atoms with Crippen LogP contribution in [0.25, 0.3) is 0 Å². The number of hydrogen-bond acceptors (Lipinski definition) is 6. The van der Waals surface area contributed by atoms with Gasteiger partial charge in [-0.2, -0.15) is 0 Å². The van der Waals surface area contributed by atoms with E-state index in [0.717, 1.165) is 11.3 Å². The van der Waals surface area contributed by atoms with Crippen molar-refractivity contribution >= 4 is 39.9 Å². The van der Waals surface area contributed by atoms with Crippen molar-refractivity contribution < 1.29 is 14.3 Å². The third kappa shape index (κ3) is 4.53. The van der Waals surface area contributed by atoms with E-state index >= 15 is 0 Å². The van der Waals surface area contributed by atoms with Crippen molar-refractivity contribution in [3.63, 3.8) is 0 Å². The maximum Gasteiger partial charge on any atom is 0.350 e. The second-order valence-corrected chi connectivity index (χ2v) is 6.12. The van der Waals surface area contributed by atoms with Crippen molar-refractivity contribution in [2.75, 3.05) is 11.9 Å². The zero-order valence-corrected chi connectivity index (χ0v) is 14.3. The van der Waals surface area contributed by atoms with Crippen LogP contribution in [0.4, 0.5) is 5.13 Å². The molecule has 0 aromatic carbocycles. The highest BCUT2D eigenvalue weighted by Crippen LogP contribution is 2.23. The van der Waals surface area contributed by atoms with E-state index in [4.69, 9.17) is 16.3 Å². The molecule has 0 radical (unpaired) electrons. The van der Waals surface area contributed by atoms with Gasteiger partial charge in [0.05, 0.1) is 10.7 Å². The summed E-state index contributed by atoms with van der Waals surface area (Å²) in [5, 5.41) is 3.14. The van der Waals surface area contributed by atoms with Crippen LogP contribution >= 0.6 is 22.9 Å². The number of hydrogen-bond donors (Lipinski definition) is 1. The maximum absolute atomic E-state index is 12.0. The Morgan fingerprint density at radius 2 is 2.25 bits per heavy atom. The second kappa shape index (κ2) is 7.89. The first-order valence-electron chi connectivity index (χ1n) is 6.82. The highest BCUT2D eigenvalue weighted by atomic mass is 35.5. The number of pyridine rings is 1. The quantitative estimate of drug-likeness (QED) is 0.624. The average molecular weight is 368 g/mol. The molecule has 126 valence electrons. The molecule has 0 saturated carbocycles. The lowest BCUT2D eigenvalue weighted by molar-refractivity contribution is -0.116. The van der Waals surface area contributed by atoms with Gasteiger partial charge in [0.25, 0.3) is 5.56 Å². The van der Waals surface area contributed by atoms with Crippen LogP contribution in [-0.4, -0.2) is 28.0 Å². The molecule has 2 rings (SSSR count). The molecule has 0 spiro atoms. The lowest BCUT2D eigenvalue weighted by atomic mass is 10.4. The SMILES string of the molecule is C=CCOC(=O)c1sc(NC(=O)Cn2cc(Cl)ccc2=O)nc1C. The molecule has 2 aromatic rings. The van der Waals surface area contributed by atoms with Gasteiger partial charge in [-0.05, 0) is 13.0 Å². The fourth-order valence-corrected chi connectivity index (χ4v) is 2.84.